The molecule has 2 aromatic heterocycles. The summed E-state index contributed by atoms with van der Waals surface area (Å²) in [5, 5.41) is 2.80. The highest BCUT2D eigenvalue weighted by Gasteiger charge is 2.17. The highest BCUT2D eigenvalue weighted by atomic mass is 16.5. The third kappa shape index (κ3) is 3.25. The van der Waals surface area contributed by atoms with Gasteiger partial charge in [-0.15, -0.1) is 0 Å². The van der Waals surface area contributed by atoms with Crippen LogP contribution >= 0.6 is 0 Å². The number of methoxy groups -OCH3 is 1. The zero-order valence-electron chi connectivity index (χ0n) is 15.2. The predicted molar refractivity (Wildman–Crippen MR) is 107 cm³/mol. The highest BCUT2D eigenvalue weighted by molar-refractivity contribution is 5.91. The number of nitrogens with one attached hydrogen (secondary N) is 1. The number of hydrogen-bond donors (Lipinski definition) is 1. The monoisotopic (exact) mass is 374 g/mol. The summed E-state index contributed by atoms with van der Waals surface area (Å²) in [5.74, 6) is 0.325. The molecule has 1 N–H and O–H groups in total. The summed E-state index contributed by atoms with van der Waals surface area (Å²) in [4.78, 5) is 30.0. The molecule has 7 heteroatoms. The van der Waals surface area contributed by atoms with Gasteiger partial charge in [0.05, 0.1) is 18.3 Å². The summed E-state index contributed by atoms with van der Waals surface area (Å²) >= 11 is 0. The van der Waals surface area contributed by atoms with Crippen LogP contribution in [0.2, 0.25) is 0 Å². The number of amides is 1. The molecule has 7 nitrogen and oxygen atoms in total. The number of carbonyl (C=O) groups is 1. The van der Waals surface area contributed by atoms with Crippen molar-refractivity contribution in [3.8, 4) is 11.4 Å². The lowest BCUT2D eigenvalue weighted by Gasteiger charge is -2.07. The molecule has 0 atom stereocenters. The minimum Gasteiger partial charge on any atom is -0.497 e. The van der Waals surface area contributed by atoms with Crippen molar-refractivity contribution in [3.63, 3.8) is 0 Å². The third-order valence-corrected chi connectivity index (χ3v) is 4.36. The van der Waals surface area contributed by atoms with Gasteiger partial charge in [0.2, 0.25) is 5.91 Å². The van der Waals surface area contributed by atoms with Crippen LogP contribution in [0.3, 0.4) is 0 Å². The van der Waals surface area contributed by atoms with Crippen molar-refractivity contribution < 1.29 is 9.53 Å². The third-order valence-electron chi connectivity index (χ3n) is 4.36. The SMILES string of the molecule is COc1cccc(NC(=O)Cn2c(=O)n(-c3ccccc3)c3ncccc32)c1. The van der Waals surface area contributed by atoms with Gasteiger partial charge in [-0.3, -0.25) is 9.36 Å². The van der Waals surface area contributed by atoms with Gasteiger partial charge in [0.25, 0.3) is 0 Å². The van der Waals surface area contributed by atoms with Gasteiger partial charge in [0.1, 0.15) is 12.3 Å². The van der Waals surface area contributed by atoms with Gasteiger partial charge in [-0.05, 0) is 36.4 Å². The second kappa shape index (κ2) is 7.40. The van der Waals surface area contributed by atoms with Crippen LogP contribution in [0.5, 0.6) is 5.75 Å². The van der Waals surface area contributed by atoms with Crippen LogP contribution in [0.4, 0.5) is 5.69 Å². The lowest BCUT2D eigenvalue weighted by Crippen LogP contribution is -2.28. The quantitative estimate of drug-likeness (QED) is 0.583. The van der Waals surface area contributed by atoms with E-state index in [0.717, 1.165) is 0 Å². The minimum atomic E-state index is -0.319. The number of aromatic nitrogens is 3. The molecule has 0 saturated heterocycles. The van der Waals surface area contributed by atoms with Crippen molar-refractivity contribution in [2.45, 2.75) is 6.54 Å². The number of fused-ring (bicyclic) bond motifs is 1. The van der Waals surface area contributed by atoms with E-state index in [1.54, 1.807) is 49.7 Å². The molecule has 0 saturated carbocycles. The molecule has 0 fully saturated rings. The molecule has 2 aromatic carbocycles. The molecule has 1 amide bonds. The van der Waals surface area contributed by atoms with E-state index in [1.165, 1.54) is 9.13 Å². The van der Waals surface area contributed by atoms with E-state index in [9.17, 15) is 9.59 Å². The highest BCUT2D eigenvalue weighted by Crippen LogP contribution is 2.18. The molecule has 0 aliphatic heterocycles. The van der Waals surface area contributed by atoms with Crippen molar-refractivity contribution in [3.05, 3.63) is 83.4 Å². The summed E-state index contributed by atoms with van der Waals surface area (Å²) in [6.07, 6.45) is 1.63. The second-order valence-corrected chi connectivity index (χ2v) is 6.17. The summed E-state index contributed by atoms with van der Waals surface area (Å²) < 4.78 is 8.10. The average molecular weight is 374 g/mol. The number of anilines is 1. The van der Waals surface area contributed by atoms with Crippen LogP contribution in [0.25, 0.3) is 16.9 Å². The zero-order chi connectivity index (χ0) is 19.5. The summed E-state index contributed by atoms with van der Waals surface area (Å²) in [7, 11) is 1.56. The van der Waals surface area contributed by atoms with Gasteiger partial charge in [0.15, 0.2) is 5.65 Å². The summed E-state index contributed by atoms with van der Waals surface area (Å²) in [6.45, 7) is -0.127. The average Bonchev–Trinajstić information content (AvgIpc) is 3.00. The Balaban J connectivity index is 1.70. The number of para-hydroxylation sites is 1. The number of benzene rings is 2. The number of hydrogen-bond acceptors (Lipinski definition) is 4. The first-order valence-electron chi connectivity index (χ1n) is 8.73. The van der Waals surface area contributed by atoms with Crippen LogP contribution in [-0.2, 0) is 11.3 Å². The first-order valence-corrected chi connectivity index (χ1v) is 8.73. The molecule has 140 valence electrons. The zero-order valence-corrected chi connectivity index (χ0v) is 15.2. The second-order valence-electron chi connectivity index (χ2n) is 6.17. The molecule has 0 unspecified atom stereocenters. The number of ether oxygens (including phenoxy) is 1. The van der Waals surface area contributed by atoms with Crippen molar-refractivity contribution in [2.75, 3.05) is 12.4 Å². The normalized spacial score (nSPS) is 10.8. The maximum Gasteiger partial charge on any atom is 0.335 e. The number of rotatable bonds is 5. The topological polar surface area (TPSA) is 78.1 Å². The van der Waals surface area contributed by atoms with Crippen molar-refractivity contribution in [2.24, 2.45) is 0 Å². The number of nitrogens with zero attached hydrogens (tertiary/aromatic N) is 3. The fraction of sp³-hybridized carbons (Fsp3) is 0.0952. The standard InChI is InChI=1S/C21H18N4O3/c1-28-17-10-5-7-15(13-17)23-19(26)14-24-18-11-6-12-22-20(18)25(21(24)27)16-8-3-2-4-9-16/h2-13H,14H2,1H3,(H,23,26). The Morgan fingerprint density at radius 1 is 1.07 bits per heavy atom. The van der Waals surface area contributed by atoms with Crippen molar-refractivity contribution in [1.29, 1.82) is 0 Å². The van der Waals surface area contributed by atoms with E-state index in [1.807, 2.05) is 30.3 Å². The smallest absolute Gasteiger partial charge is 0.335 e. The molecule has 28 heavy (non-hydrogen) atoms. The van der Waals surface area contributed by atoms with E-state index in [2.05, 4.69) is 10.3 Å². The Hall–Kier alpha value is -3.87. The number of pyridine rings is 1. The molecule has 0 spiro atoms. The van der Waals surface area contributed by atoms with Crippen molar-refractivity contribution in [1.82, 2.24) is 14.1 Å². The Labute approximate surface area is 160 Å². The van der Waals surface area contributed by atoms with Crippen LogP contribution in [-0.4, -0.2) is 27.1 Å². The molecular formula is C21H18N4O3. The fourth-order valence-electron chi connectivity index (χ4n) is 3.09. The van der Waals surface area contributed by atoms with Crippen LogP contribution in [0.15, 0.2) is 77.7 Å². The molecule has 4 aromatic rings. The minimum absolute atomic E-state index is 0.127. The largest absolute Gasteiger partial charge is 0.497 e. The number of carbonyl (C=O) groups excluding carboxylic acids is 1. The molecular weight excluding hydrogens is 356 g/mol. The predicted octanol–water partition coefficient (Wildman–Crippen LogP) is 2.83. The van der Waals surface area contributed by atoms with Crippen LogP contribution in [0.1, 0.15) is 0 Å². The molecule has 0 aliphatic rings. The lowest BCUT2D eigenvalue weighted by atomic mass is 10.3. The number of imidazole rings is 1. The fourth-order valence-corrected chi connectivity index (χ4v) is 3.09. The van der Waals surface area contributed by atoms with E-state index in [4.69, 9.17) is 4.74 Å². The van der Waals surface area contributed by atoms with Gasteiger partial charge < -0.3 is 10.1 Å². The van der Waals surface area contributed by atoms with Gasteiger partial charge in [-0.1, -0.05) is 24.3 Å². The van der Waals surface area contributed by atoms with Crippen LogP contribution < -0.4 is 15.7 Å². The first kappa shape index (κ1) is 17.5. The molecule has 0 radical (unpaired) electrons. The summed E-state index contributed by atoms with van der Waals surface area (Å²) in [6, 6.07) is 19.8. The maximum absolute atomic E-state index is 13.1. The molecule has 0 bridgehead atoms. The van der Waals surface area contributed by atoms with Gasteiger partial charge in [0, 0.05) is 18.0 Å². The summed E-state index contributed by atoms with van der Waals surface area (Å²) in [5.41, 5.74) is 2.08. The molecule has 2 heterocycles. The van der Waals surface area contributed by atoms with E-state index < -0.39 is 0 Å². The Bertz CT molecular complexity index is 1200. The van der Waals surface area contributed by atoms with Crippen molar-refractivity contribution >= 4 is 22.8 Å². The van der Waals surface area contributed by atoms with Gasteiger partial charge >= 0.3 is 5.69 Å². The van der Waals surface area contributed by atoms with E-state index >= 15 is 0 Å². The Morgan fingerprint density at radius 2 is 1.89 bits per heavy atom. The van der Waals surface area contributed by atoms with Gasteiger partial charge in [-0.25, -0.2) is 14.3 Å². The first-order chi connectivity index (χ1) is 13.7. The Kier molecular flexibility index (Phi) is 4.63. The molecule has 0 aliphatic carbocycles. The lowest BCUT2D eigenvalue weighted by molar-refractivity contribution is -0.116. The maximum atomic E-state index is 13.1. The van der Waals surface area contributed by atoms with E-state index in [-0.39, 0.29) is 18.1 Å². The van der Waals surface area contributed by atoms with E-state index in [0.29, 0.717) is 28.3 Å². The Morgan fingerprint density at radius 3 is 2.68 bits per heavy atom. The van der Waals surface area contributed by atoms with Crippen LogP contribution in [0, 0.1) is 0 Å². The molecule has 4 rings (SSSR count). The van der Waals surface area contributed by atoms with Gasteiger partial charge in [-0.2, -0.15) is 0 Å².